The van der Waals surface area contributed by atoms with E-state index in [1.54, 1.807) is 7.11 Å². The van der Waals surface area contributed by atoms with E-state index in [-0.39, 0.29) is 5.91 Å². The van der Waals surface area contributed by atoms with Crippen LogP contribution in [0.25, 0.3) is 0 Å². The zero-order valence-corrected chi connectivity index (χ0v) is 11.9. The molecule has 2 N–H and O–H groups in total. The molecule has 2 unspecified atom stereocenters. The number of hydrogen-bond acceptors (Lipinski definition) is 3. The number of benzene rings is 1. The molecule has 0 aliphatic heterocycles. The number of carboxylic acids is 1. The third-order valence-electron chi connectivity index (χ3n) is 3.69. The first-order valence-corrected chi connectivity index (χ1v) is 6.90. The van der Waals surface area contributed by atoms with Crippen molar-refractivity contribution in [1.29, 1.82) is 0 Å². The topological polar surface area (TPSA) is 75.6 Å². The Bertz CT molecular complexity index is 553. The van der Waals surface area contributed by atoms with Gasteiger partial charge in [-0.3, -0.25) is 9.59 Å². The van der Waals surface area contributed by atoms with Gasteiger partial charge in [0, 0.05) is 6.54 Å². The van der Waals surface area contributed by atoms with Crippen LogP contribution in [0, 0.1) is 11.8 Å². The van der Waals surface area contributed by atoms with E-state index in [4.69, 9.17) is 4.74 Å². The van der Waals surface area contributed by atoms with Crippen molar-refractivity contribution in [2.24, 2.45) is 11.8 Å². The van der Waals surface area contributed by atoms with Crippen LogP contribution in [0.2, 0.25) is 0 Å². The van der Waals surface area contributed by atoms with Crippen LogP contribution in [0.4, 0.5) is 0 Å². The Morgan fingerprint density at radius 1 is 1.29 bits per heavy atom. The summed E-state index contributed by atoms with van der Waals surface area (Å²) in [5.74, 6) is -1.54. The van der Waals surface area contributed by atoms with Crippen molar-refractivity contribution < 1.29 is 19.4 Å². The van der Waals surface area contributed by atoms with Crippen molar-refractivity contribution in [2.45, 2.75) is 19.4 Å². The normalized spacial score (nSPS) is 20.8. The van der Waals surface area contributed by atoms with Gasteiger partial charge >= 0.3 is 5.97 Å². The Hall–Kier alpha value is -2.30. The van der Waals surface area contributed by atoms with E-state index in [0.717, 1.165) is 11.3 Å². The molecule has 1 aliphatic rings. The number of rotatable bonds is 5. The molecule has 1 aromatic carbocycles. The Kier molecular flexibility index (Phi) is 4.98. The smallest absolute Gasteiger partial charge is 0.307 e. The molecular formula is C16H19NO4. The summed E-state index contributed by atoms with van der Waals surface area (Å²) < 4.78 is 5.13. The molecule has 0 saturated carbocycles. The number of allylic oxidation sites excluding steroid dienone is 2. The molecule has 1 aromatic rings. The van der Waals surface area contributed by atoms with Gasteiger partial charge in [0.05, 0.1) is 18.9 Å². The van der Waals surface area contributed by atoms with E-state index in [1.807, 2.05) is 36.4 Å². The highest BCUT2D eigenvalue weighted by molar-refractivity contribution is 5.85. The van der Waals surface area contributed by atoms with E-state index >= 15 is 0 Å². The predicted octanol–water partition coefficient (Wildman–Crippen LogP) is 1.98. The molecule has 112 valence electrons. The van der Waals surface area contributed by atoms with Crippen molar-refractivity contribution >= 4 is 11.9 Å². The monoisotopic (exact) mass is 289 g/mol. The Morgan fingerprint density at radius 2 is 2.00 bits per heavy atom. The van der Waals surface area contributed by atoms with Crippen LogP contribution < -0.4 is 10.1 Å². The molecule has 2 atom stereocenters. The molecule has 1 amide bonds. The van der Waals surface area contributed by atoms with Crippen molar-refractivity contribution in [3.05, 3.63) is 42.0 Å². The number of aliphatic carboxylic acids is 1. The number of carbonyl (C=O) groups is 2. The van der Waals surface area contributed by atoms with Gasteiger partial charge in [0.25, 0.3) is 0 Å². The van der Waals surface area contributed by atoms with E-state index in [1.165, 1.54) is 0 Å². The van der Waals surface area contributed by atoms with Crippen LogP contribution in [0.5, 0.6) is 5.75 Å². The third-order valence-corrected chi connectivity index (χ3v) is 3.69. The van der Waals surface area contributed by atoms with Crippen LogP contribution >= 0.6 is 0 Å². The lowest BCUT2D eigenvalue weighted by atomic mass is 9.82. The lowest BCUT2D eigenvalue weighted by Crippen LogP contribution is -2.38. The standard InChI is InChI=1S/C16H19NO4/c1-21-12-6-4-5-11(9-12)10-17-15(18)13-7-2-3-8-14(13)16(19)20/h2-6,9,13-14H,7-8,10H2,1H3,(H,17,18)(H,19,20). The first-order chi connectivity index (χ1) is 10.1. The zero-order valence-electron chi connectivity index (χ0n) is 11.9. The molecular weight excluding hydrogens is 270 g/mol. The highest BCUT2D eigenvalue weighted by atomic mass is 16.5. The second-order valence-electron chi connectivity index (χ2n) is 5.06. The van der Waals surface area contributed by atoms with Gasteiger partial charge in [0.15, 0.2) is 0 Å². The highest BCUT2D eigenvalue weighted by Crippen LogP contribution is 2.26. The molecule has 0 saturated heterocycles. The van der Waals surface area contributed by atoms with E-state index in [2.05, 4.69) is 5.32 Å². The van der Waals surface area contributed by atoms with Gasteiger partial charge in [-0.1, -0.05) is 24.3 Å². The quantitative estimate of drug-likeness (QED) is 0.813. The van der Waals surface area contributed by atoms with Crippen LogP contribution in [0.3, 0.4) is 0 Å². The molecule has 0 heterocycles. The fraction of sp³-hybridized carbons (Fsp3) is 0.375. The maximum absolute atomic E-state index is 12.2. The lowest BCUT2D eigenvalue weighted by molar-refractivity contribution is -0.147. The number of methoxy groups -OCH3 is 1. The SMILES string of the molecule is COc1cccc(CNC(=O)C2CC=CCC2C(=O)O)c1. The van der Waals surface area contributed by atoms with Crippen LogP contribution in [-0.4, -0.2) is 24.1 Å². The molecule has 21 heavy (non-hydrogen) atoms. The van der Waals surface area contributed by atoms with Crippen molar-refractivity contribution in [3.8, 4) is 5.75 Å². The molecule has 0 aromatic heterocycles. The number of carbonyl (C=O) groups excluding carboxylic acids is 1. The molecule has 0 fully saturated rings. The molecule has 0 spiro atoms. The molecule has 0 bridgehead atoms. The minimum Gasteiger partial charge on any atom is -0.497 e. The first-order valence-electron chi connectivity index (χ1n) is 6.90. The minimum absolute atomic E-state index is 0.213. The van der Waals surface area contributed by atoms with Gasteiger partial charge in [-0.2, -0.15) is 0 Å². The van der Waals surface area contributed by atoms with Crippen molar-refractivity contribution in [2.75, 3.05) is 7.11 Å². The molecule has 2 rings (SSSR count). The van der Waals surface area contributed by atoms with Gasteiger partial charge in [-0.05, 0) is 30.5 Å². The molecule has 5 heteroatoms. The van der Waals surface area contributed by atoms with Crippen molar-refractivity contribution in [1.82, 2.24) is 5.32 Å². The van der Waals surface area contributed by atoms with E-state index < -0.39 is 17.8 Å². The van der Waals surface area contributed by atoms with Crippen LogP contribution in [-0.2, 0) is 16.1 Å². The fourth-order valence-corrected chi connectivity index (χ4v) is 2.48. The summed E-state index contributed by atoms with van der Waals surface area (Å²) in [4.78, 5) is 23.4. The van der Waals surface area contributed by atoms with Gasteiger partial charge in [0.2, 0.25) is 5.91 Å². The number of carboxylic acid groups (broad SMARTS) is 1. The summed E-state index contributed by atoms with van der Waals surface area (Å²) in [5.41, 5.74) is 0.918. The summed E-state index contributed by atoms with van der Waals surface area (Å²) >= 11 is 0. The summed E-state index contributed by atoms with van der Waals surface area (Å²) in [6.45, 7) is 0.364. The van der Waals surface area contributed by atoms with Gasteiger partial charge in [0.1, 0.15) is 5.75 Å². The van der Waals surface area contributed by atoms with Gasteiger partial charge in [-0.15, -0.1) is 0 Å². The first kappa shape index (κ1) is 15.1. The number of hydrogen-bond donors (Lipinski definition) is 2. The van der Waals surface area contributed by atoms with Crippen molar-refractivity contribution in [3.63, 3.8) is 0 Å². The number of ether oxygens (including phenoxy) is 1. The largest absolute Gasteiger partial charge is 0.497 e. The summed E-state index contributed by atoms with van der Waals surface area (Å²) in [6.07, 6.45) is 4.58. The summed E-state index contributed by atoms with van der Waals surface area (Å²) in [6, 6.07) is 7.41. The molecule has 1 aliphatic carbocycles. The average molecular weight is 289 g/mol. The second kappa shape index (κ2) is 6.92. The fourth-order valence-electron chi connectivity index (χ4n) is 2.48. The Labute approximate surface area is 123 Å². The maximum Gasteiger partial charge on any atom is 0.307 e. The minimum atomic E-state index is -0.916. The number of nitrogens with one attached hydrogen (secondary N) is 1. The lowest BCUT2D eigenvalue weighted by Gasteiger charge is -2.24. The summed E-state index contributed by atoms with van der Waals surface area (Å²) in [7, 11) is 1.59. The van der Waals surface area contributed by atoms with E-state index in [0.29, 0.717) is 19.4 Å². The Morgan fingerprint density at radius 3 is 2.67 bits per heavy atom. The maximum atomic E-state index is 12.2. The average Bonchev–Trinajstić information content (AvgIpc) is 2.52. The number of amides is 1. The second-order valence-corrected chi connectivity index (χ2v) is 5.06. The Balaban J connectivity index is 1.97. The molecule has 0 radical (unpaired) electrons. The van der Waals surface area contributed by atoms with E-state index in [9.17, 15) is 14.7 Å². The summed E-state index contributed by atoms with van der Waals surface area (Å²) in [5, 5.41) is 12.0. The predicted molar refractivity (Wildman–Crippen MR) is 77.8 cm³/mol. The molecule has 5 nitrogen and oxygen atoms in total. The van der Waals surface area contributed by atoms with Crippen LogP contribution in [0.15, 0.2) is 36.4 Å². The van der Waals surface area contributed by atoms with Gasteiger partial charge in [-0.25, -0.2) is 0 Å². The van der Waals surface area contributed by atoms with Gasteiger partial charge < -0.3 is 15.2 Å². The highest BCUT2D eigenvalue weighted by Gasteiger charge is 2.33. The third kappa shape index (κ3) is 3.84. The van der Waals surface area contributed by atoms with Crippen LogP contribution in [0.1, 0.15) is 18.4 Å². The zero-order chi connectivity index (χ0) is 15.2.